The van der Waals surface area contributed by atoms with E-state index in [0.29, 0.717) is 22.0 Å². The highest BCUT2D eigenvalue weighted by atomic mass is 35.5. The average molecular weight is 645 g/mol. The number of carbonyl (C=O) groups is 2. The van der Waals surface area contributed by atoms with Crippen LogP contribution in [0.15, 0.2) is 71.6 Å². The van der Waals surface area contributed by atoms with Crippen LogP contribution in [0.4, 0.5) is 5.69 Å². The molecule has 0 aliphatic rings. The van der Waals surface area contributed by atoms with Crippen LogP contribution in [0.25, 0.3) is 0 Å². The van der Waals surface area contributed by atoms with E-state index in [1.165, 1.54) is 35.2 Å². The van der Waals surface area contributed by atoms with E-state index in [0.717, 1.165) is 4.31 Å². The van der Waals surface area contributed by atoms with Gasteiger partial charge in [-0.25, -0.2) is 8.42 Å². The van der Waals surface area contributed by atoms with Gasteiger partial charge in [-0.05, 0) is 56.7 Å². The predicted octanol–water partition coefficient (Wildman–Crippen LogP) is 6.83. The Kier molecular flexibility index (Phi) is 11.1. The molecule has 12 heteroatoms. The van der Waals surface area contributed by atoms with Crippen molar-refractivity contribution < 1.29 is 18.0 Å². The third-order valence-corrected chi connectivity index (χ3v) is 9.66. The van der Waals surface area contributed by atoms with Crippen LogP contribution >= 0.6 is 46.4 Å². The quantitative estimate of drug-likeness (QED) is 0.248. The summed E-state index contributed by atoms with van der Waals surface area (Å²) in [4.78, 5) is 28.3. The van der Waals surface area contributed by atoms with Crippen LogP contribution in [-0.4, -0.2) is 43.8 Å². The van der Waals surface area contributed by atoms with Crippen molar-refractivity contribution in [1.82, 2.24) is 10.2 Å². The lowest BCUT2D eigenvalue weighted by molar-refractivity contribution is -0.139. The van der Waals surface area contributed by atoms with Gasteiger partial charge < -0.3 is 10.2 Å². The summed E-state index contributed by atoms with van der Waals surface area (Å²) < 4.78 is 28.6. The summed E-state index contributed by atoms with van der Waals surface area (Å²) in [5.74, 6) is -1.09. The second-order valence-corrected chi connectivity index (χ2v) is 12.6. The zero-order chi connectivity index (χ0) is 29.6. The van der Waals surface area contributed by atoms with E-state index in [1.807, 2.05) is 13.8 Å². The van der Waals surface area contributed by atoms with E-state index in [-0.39, 0.29) is 33.2 Å². The Morgan fingerprint density at radius 2 is 1.43 bits per heavy atom. The molecule has 7 nitrogen and oxygen atoms in total. The van der Waals surface area contributed by atoms with Crippen molar-refractivity contribution in [1.29, 1.82) is 0 Å². The third kappa shape index (κ3) is 7.42. The number of hydrogen-bond donors (Lipinski definition) is 1. The van der Waals surface area contributed by atoms with Gasteiger partial charge in [-0.3, -0.25) is 13.9 Å². The third-order valence-electron chi connectivity index (χ3n) is 6.37. The molecule has 0 spiro atoms. The van der Waals surface area contributed by atoms with Crippen molar-refractivity contribution >= 4 is 73.9 Å². The first kappa shape index (κ1) is 32.0. The maximum absolute atomic E-state index is 14.0. The Bertz CT molecular complexity index is 1450. The molecule has 0 aliphatic heterocycles. The molecule has 0 heterocycles. The Labute approximate surface area is 255 Å². The number of halogens is 4. The Hall–Kier alpha value is -2.49. The predicted molar refractivity (Wildman–Crippen MR) is 162 cm³/mol. The molecular weight excluding hydrogens is 616 g/mol. The molecule has 0 saturated carbocycles. The Morgan fingerprint density at radius 3 is 2.02 bits per heavy atom. The van der Waals surface area contributed by atoms with Crippen LogP contribution in [0.5, 0.6) is 0 Å². The summed E-state index contributed by atoms with van der Waals surface area (Å²) in [5, 5.41) is 3.53. The Balaban J connectivity index is 2.10. The first-order chi connectivity index (χ1) is 18.9. The van der Waals surface area contributed by atoms with E-state index < -0.39 is 34.4 Å². The number of sulfonamides is 1. The summed E-state index contributed by atoms with van der Waals surface area (Å²) >= 11 is 25.5. The molecule has 3 rings (SSSR count). The smallest absolute Gasteiger partial charge is 0.264 e. The zero-order valence-electron chi connectivity index (χ0n) is 22.1. The van der Waals surface area contributed by atoms with Gasteiger partial charge in [-0.2, -0.15) is 0 Å². The number of nitrogens with zero attached hydrogens (tertiary/aromatic N) is 2. The van der Waals surface area contributed by atoms with Crippen molar-refractivity contribution in [2.45, 2.75) is 50.7 Å². The normalized spacial score (nSPS) is 12.9. The van der Waals surface area contributed by atoms with Crippen molar-refractivity contribution in [3.8, 4) is 0 Å². The van der Waals surface area contributed by atoms with Gasteiger partial charge in [0, 0.05) is 28.2 Å². The summed E-state index contributed by atoms with van der Waals surface area (Å²) in [6, 6.07) is 15.9. The van der Waals surface area contributed by atoms with Crippen LogP contribution in [0.2, 0.25) is 20.1 Å². The van der Waals surface area contributed by atoms with Crippen LogP contribution in [-0.2, 0) is 26.2 Å². The number of amides is 2. The van der Waals surface area contributed by atoms with Gasteiger partial charge in [0.1, 0.15) is 12.6 Å². The number of hydrogen-bond acceptors (Lipinski definition) is 4. The first-order valence-corrected chi connectivity index (χ1v) is 15.4. The molecule has 0 fully saturated rings. The second-order valence-electron chi connectivity index (χ2n) is 9.11. The lowest BCUT2D eigenvalue weighted by atomic mass is 10.1. The molecule has 2 atom stereocenters. The maximum Gasteiger partial charge on any atom is 0.264 e. The minimum atomic E-state index is -4.29. The molecule has 0 aliphatic carbocycles. The number of carbonyl (C=O) groups excluding carboxylic acids is 2. The van der Waals surface area contributed by atoms with Crippen LogP contribution in [0, 0.1) is 0 Å². The molecule has 40 heavy (non-hydrogen) atoms. The van der Waals surface area contributed by atoms with Gasteiger partial charge in [-0.15, -0.1) is 0 Å². The fourth-order valence-electron chi connectivity index (χ4n) is 3.82. The number of rotatable bonds is 11. The molecule has 3 aromatic carbocycles. The first-order valence-electron chi connectivity index (χ1n) is 12.4. The van der Waals surface area contributed by atoms with Crippen molar-refractivity contribution in [2.24, 2.45) is 0 Å². The number of nitrogens with one attached hydrogen (secondary N) is 1. The van der Waals surface area contributed by atoms with E-state index in [1.54, 1.807) is 43.3 Å². The van der Waals surface area contributed by atoms with Gasteiger partial charge in [-0.1, -0.05) is 83.7 Å². The van der Waals surface area contributed by atoms with Gasteiger partial charge >= 0.3 is 0 Å². The van der Waals surface area contributed by atoms with Crippen LogP contribution < -0.4 is 9.62 Å². The largest absolute Gasteiger partial charge is 0.352 e. The highest BCUT2D eigenvalue weighted by Crippen LogP contribution is 2.36. The van der Waals surface area contributed by atoms with E-state index in [2.05, 4.69) is 5.32 Å². The molecule has 0 radical (unpaired) electrons. The second kappa shape index (κ2) is 13.9. The highest BCUT2D eigenvalue weighted by molar-refractivity contribution is 7.92. The minimum absolute atomic E-state index is 0.0128. The van der Waals surface area contributed by atoms with Crippen molar-refractivity contribution in [3.05, 3.63) is 92.4 Å². The van der Waals surface area contributed by atoms with Crippen molar-refractivity contribution in [2.75, 3.05) is 10.8 Å². The molecular formula is C28H29Cl4N3O4S. The number of benzene rings is 3. The van der Waals surface area contributed by atoms with Crippen LogP contribution in [0.1, 0.15) is 32.8 Å². The zero-order valence-corrected chi connectivity index (χ0v) is 25.9. The molecule has 2 amide bonds. The SMILES string of the molecule is CC[C@@H](C)NC(=O)[C@H](C)N(Cc1c(Cl)cccc1Cl)C(=O)CN(c1cccc(Cl)c1Cl)S(=O)(=O)c1ccccc1. The molecule has 0 aromatic heterocycles. The molecule has 1 N–H and O–H groups in total. The maximum atomic E-state index is 14.0. The standard InChI is InChI=1S/C28H29Cl4N3O4S/c1-4-18(2)33-28(37)19(3)34(16-21-22(29)12-8-13-23(21)30)26(36)17-35(25-15-9-14-24(31)27(25)32)40(38,39)20-10-6-5-7-11-20/h5-15,18-19H,4,16-17H2,1-3H3,(H,33,37)/t18-,19+/m1/s1. The van der Waals surface area contributed by atoms with E-state index in [4.69, 9.17) is 46.4 Å². The molecule has 0 bridgehead atoms. The summed E-state index contributed by atoms with van der Waals surface area (Å²) in [5.41, 5.74) is 0.430. The Morgan fingerprint density at radius 1 is 0.850 bits per heavy atom. The van der Waals surface area contributed by atoms with Gasteiger partial charge in [0.05, 0.1) is 20.6 Å². The average Bonchev–Trinajstić information content (AvgIpc) is 2.93. The minimum Gasteiger partial charge on any atom is -0.352 e. The van der Waals surface area contributed by atoms with E-state index >= 15 is 0 Å². The summed E-state index contributed by atoms with van der Waals surface area (Å²) in [6.07, 6.45) is 0.680. The molecule has 214 valence electrons. The van der Waals surface area contributed by atoms with Crippen molar-refractivity contribution in [3.63, 3.8) is 0 Å². The lowest BCUT2D eigenvalue weighted by Crippen LogP contribution is -2.52. The molecule has 0 saturated heterocycles. The van der Waals surface area contributed by atoms with Gasteiger partial charge in [0.15, 0.2) is 0 Å². The summed E-state index contributed by atoms with van der Waals surface area (Å²) in [6.45, 7) is 4.50. The molecule has 0 unspecified atom stereocenters. The summed E-state index contributed by atoms with van der Waals surface area (Å²) in [7, 11) is -4.29. The van der Waals surface area contributed by atoms with Gasteiger partial charge in [0.25, 0.3) is 10.0 Å². The fraction of sp³-hybridized carbons (Fsp3) is 0.286. The van der Waals surface area contributed by atoms with Crippen LogP contribution in [0.3, 0.4) is 0 Å². The molecule has 3 aromatic rings. The van der Waals surface area contributed by atoms with Gasteiger partial charge in [0.2, 0.25) is 11.8 Å². The topological polar surface area (TPSA) is 86.8 Å². The lowest BCUT2D eigenvalue weighted by Gasteiger charge is -2.33. The highest BCUT2D eigenvalue weighted by Gasteiger charge is 2.34. The number of anilines is 1. The monoisotopic (exact) mass is 643 g/mol. The van der Waals surface area contributed by atoms with E-state index in [9.17, 15) is 18.0 Å². The fourth-order valence-corrected chi connectivity index (χ4v) is 6.23.